The first-order chi connectivity index (χ1) is 8.97. The number of nitrogens with one attached hydrogen (secondary N) is 2. The zero-order chi connectivity index (χ0) is 14.0. The molecule has 19 heavy (non-hydrogen) atoms. The van der Waals surface area contributed by atoms with Crippen molar-refractivity contribution in [2.45, 2.75) is 0 Å². The Hall–Kier alpha value is -2.02. The van der Waals surface area contributed by atoms with E-state index >= 15 is 0 Å². The van der Waals surface area contributed by atoms with Gasteiger partial charge in [0, 0.05) is 16.2 Å². The van der Waals surface area contributed by atoms with Gasteiger partial charge in [0.1, 0.15) is 5.69 Å². The standard InChI is InChI=1S/C12H7BrF2N2O2/c13-7-4-10(12(19)16-5-7)17-11(18)6-1-2-8(14)9(15)3-6/h1-5H,(H,16,19)(H,17,18). The van der Waals surface area contributed by atoms with Gasteiger partial charge in [0.05, 0.1) is 0 Å². The maximum atomic E-state index is 13.0. The lowest BCUT2D eigenvalue weighted by molar-refractivity contribution is 0.102. The van der Waals surface area contributed by atoms with Crippen molar-refractivity contribution < 1.29 is 13.6 Å². The van der Waals surface area contributed by atoms with E-state index in [0.717, 1.165) is 18.2 Å². The summed E-state index contributed by atoms with van der Waals surface area (Å²) < 4.78 is 26.3. The molecule has 0 unspecified atom stereocenters. The fraction of sp³-hybridized carbons (Fsp3) is 0. The molecule has 1 amide bonds. The lowest BCUT2D eigenvalue weighted by Crippen LogP contribution is -2.19. The molecule has 4 nitrogen and oxygen atoms in total. The first-order valence-electron chi connectivity index (χ1n) is 5.12. The molecule has 0 saturated carbocycles. The molecule has 0 atom stereocenters. The van der Waals surface area contributed by atoms with Crippen molar-refractivity contribution in [3.05, 3.63) is 62.5 Å². The Morgan fingerprint density at radius 3 is 2.63 bits per heavy atom. The topological polar surface area (TPSA) is 62.0 Å². The van der Waals surface area contributed by atoms with Gasteiger partial charge in [-0.3, -0.25) is 9.59 Å². The number of halogens is 3. The molecule has 0 aliphatic carbocycles. The first-order valence-corrected chi connectivity index (χ1v) is 5.91. The van der Waals surface area contributed by atoms with E-state index in [2.05, 4.69) is 26.2 Å². The van der Waals surface area contributed by atoms with Gasteiger partial charge in [-0.05, 0) is 40.2 Å². The van der Waals surface area contributed by atoms with Crippen LogP contribution in [0.3, 0.4) is 0 Å². The van der Waals surface area contributed by atoms with Crippen molar-refractivity contribution >= 4 is 27.5 Å². The summed E-state index contributed by atoms with van der Waals surface area (Å²) in [6.45, 7) is 0. The summed E-state index contributed by atoms with van der Waals surface area (Å²) in [6, 6.07) is 4.13. The van der Waals surface area contributed by atoms with Gasteiger partial charge in [-0.2, -0.15) is 0 Å². The normalized spacial score (nSPS) is 10.3. The number of rotatable bonds is 2. The van der Waals surface area contributed by atoms with Gasteiger partial charge in [-0.1, -0.05) is 0 Å². The van der Waals surface area contributed by atoms with Crippen LogP contribution < -0.4 is 10.9 Å². The summed E-state index contributed by atoms with van der Waals surface area (Å²) in [5.41, 5.74) is -0.582. The van der Waals surface area contributed by atoms with Crippen molar-refractivity contribution in [3.8, 4) is 0 Å². The van der Waals surface area contributed by atoms with Crippen LogP contribution in [0.4, 0.5) is 14.5 Å². The third kappa shape index (κ3) is 3.05. The smallest absolute Gasteiger partial charge is 0.271 e. The van der Waals surface area contributed by atoms with E-state index in [-0.39, 0.29) is 11.3 Å². The van der Waals surface area contributed by atoms with Crippen molar-refractivity contribution in [2.24, 2.45) is 0 Å². The number of carbonyl (C=O) groups is 1. The predicted octanol–water partition coefficient (Wildman–Crippen LogP) is 2.67. The minimum absolute atomic E-state index is 0.00380. The van der Waals surface area contributed by atoms with Crippen LogP contribution in [0.25, 0.3) is 0 Å². The highest BCUT2D eigenvalue weighted by molar-refractivity contribution is 9.10. The molecule has 1 heterocycles. The number of anilines is 1. The molecular formula is C12H7BrF2N2O2. The Kier molecular flexibility index (Phi) is 3.75. The molecule has 1 aromatic heterocycles. The minimum atomic E-state index is -1.13. The summed E-state index contributed by atoms with van der Waals surface area (Å²) in [6.07, 6.45) is 1.41. The van der Waals surface area contributed by atoms with Gasteiger partial charge >= 0.3 is 0 Å². The Bertz CT molecular complexity index is 700. The average Bonchev–Trinajstić information content (AvgIpc) is 2.37. The number of carbonyl (C=O) groups excluding carboxylic acids is 1. The van der Waals surface area contributed by atoms with Crippen molar-refractivity contribution in [2.75, 3.05) is 5.32 Å². The predicted molar refractivity (Wildman–Crippen MR) is 69.1 cm³/mol. The zero-order valence-corrected chi connectivity index (χ0v) is 10.9. The van der Waals surface area contributed by atoms with Crippen LogP contribution in [-0.4, -0.2) is 10.9 Å². The molecule has 0 bridgehead atoms. The van der Waals surface area contributed by atoms with E-state index in [1.165, 1.54) is 12.3 Å². The number of amides is 1. The molecule has 0 saturated heterocycles. The number of aromatic nitrogens is 1. The summed E-state index contributed by atoms with van der Waals surface area (Å²) in [5, 5.41) is 2.31. The molecule has 0 fully saturated rings. The Labute approximate surface area is 114 Å². The van der Waals surface area contributed by atoms with Gasteiger partial charge in [0.25, 0.3) is 11.5 Å². The molecule has 98 valence electrons. The molecule has 2 N–H and O–H groups in total. The van der Waals surface area contributed by atoms with Crippen LogP contribution in [0.5, 0.6) is 0 Å². The SMILES string of the molecule is O=C(Nc1cc(Br)c[nH]c1=O)c1ccc(F)c(F)c1. The highest BCUT2D eigenvalue weighted by Gasteiger charge is 2.11. The zero-order valence-electron chi connectivity index (χ0n) is 9.34. The van der Waals surface area contributed by atoms with Gasteiger partial charge in [-0.15, -0.1) is 0 Å². The lowest BCUT2D eigenvalue weighted by Gasteiger charge is -2.05. The van der Waals surface area contributed by atoms with E-state index in [9.17, 15) is 18.4 Å². The summed E-state index contributed by atoms with van der Waals surface area (Å²) in [7, 11) is 0. The number of hydrogen-bond donors (Lipinski definition) is 2. The third-order valence-electron chi connectivity index (χ3n) is 2.30. The van der Waals surface area contributed by atoms with Crippen LogP contribution >= 0.6 is 15.9 Å². The molecule has 2 rings (SSSR count). The number of aromatic amines is 1. The summed E-state index contributed by atoms with van der Waals surface area (Å²) >= 11 is 3.13. The summed E-state index contributed by atoms with van der Waals surface area (Å²) in [4.78, 5) is 25.6. The Balaban J connectivity index is 2.28. The minimum Gasteiger partial charge on any atom is -0.326 e. The number of pyridine rings is 1. The molecule has 7 heteroatoms. The highest BCUT2D eigenvalue weighted by atomic mass is 79.9. The number of H-pyrrole nitrogens is 1. The molecular weight excluding hydrogens is 322 g/mol. The van der Waals surface area contributed by atoms with Crippen molar-refractivity contribution in [3.63, 3.8) is 0 Å². The highest BCUT2D eigenvalue weighted by Crippen LogP contribution is 2.13. The molecule has 1 aromatic carbocycles. The average molecular weight is 329 g/mol. The second kappa shape index (κ2) is 5.31. The van der Waals surface area contributed by atoms with Gasteiger partial charge in [0.15, 0.2) is 11.6 Å². The van der Waals surface area contributed by atoms with Crippen LogP contribution in [0.15, 0.2) is 39.7 Å². The Morgan fingerprint density at radius 2 is 1.95 bits per heavy atom. The molecule has 0 aliphatic heterocycles. The fourth-order valence-electron chi connectivity index (χ4n) is 1.38. The molecule has 2 aromatic rings. The van der Waals surface area contributed by atoms with E-state index in [1.54, 1.807) is 0 Å². The molecule has 0 radical (unpaired) electrons. The maximum Gasteiger partial charge on any atom is 0.271 e. The van der Waals surface area contributed by atoms with E-state index in [1.807, 2.05) is 0 Å². The van der Waals surface area contributed by atoms with Crippen LogP contribution in [-0.2, 0) is 0 Å². The second-order valence-corrected chi connectivity index (χ2v) is 4.56. The monoisotopic (exact) mass is 328 g/mol. The lowest BCUT2D eigenvalue weighted by atomic mass is 10.2. The van der Waals surface area contributed by atoms with Crippen LogP contribution in [0, 0.1) is 11.6 Å². The van der Waals surface area contributed by atoms with Gasteiger partial charge in [-0.25, -0.2) is 8.78 Å². The first kappa shape index (κ1) is 13.4. The van der Waals surface area contributed by atoms with Gasteiger partial charge < -0.3 is 10.3 Å². The quantitative estimate of drug-likeness (QED) is 0.890. The van der Waals surface area contributed by atoms with E-state index in [4.69, 9.17) is 0 Å². The van der Waals surface area contributed by atoms with Crippen molar-refractivity contribution in [1.29, 1.82) is 0 Å². The molecule has 0 aliphatic rings. The third-order valence-corrected chi connectivity index (χ3v) is 2.76. The largest absolute Gasteiger partial charge is 0.326 e. The van der Waals surface area contributed by atoms with E-state index in [0.29, 0.717) is 4.47 Å². The number of benzene rings is 1. The number of hydrogen-bond acceptors (Lipinski definition) is 2. The molecule has 0 spiro atoms. The van der Waals surface area contributed by atoms with Gasteiger partial charge in [0.2, 0.25) is 0 Å². The van der Waals surface area contributed by atoms with Crippen LogP contribution in [0.2, 0.25) is 0 Å². The fourth-order valence-corrected chi connectivity index (χ4v) is 1.73. The van der Waals surface area contributed by atoms with Crippen LogP contribution in [0.1, 0.15) is 10.4 Å². The van der Waals surface area contributed by atoms with Crippen molar-refractivity contribution in [1.82, 2.24) is 4.98 Å². The van der Waals surface area contributed by atoms with E-state index < -0.39 is 23.1 Å². The summed E-state index contributed by atoms with van der Waals surface area (Å²) in [5.74, 6) is -2.88. The Morgan fingerprint density at radius 1 is 1.21 bits per heavy atom. The second-order valence-electron chi connectivity index (χ2n) is 3.64. The maximum absolute atomic E-state index is 13.0.